The lowest BCUT2D eigenvalue weighted by molar-refractivity contribution is -0.139. The van der Waals surface area contributed by atoms with Crippen LogP contribution in [0.4, 0.5) is 0 Å². The molecular weight excluding hydrogens is 556 g/mol. The van der Waals surface area contributed by atoms with Crippen molar-refractivity contribution in [3.63, 3.8) is 0 Å². The zero-order valence-corrected chi connectivity index (χ0v) is 24.3. The Morgan fingerprint density at radius 1 is 1.00 bits per heavy atom. The van der Waals surface area contributed by atoms with E-state index in [0.29, 0.717) is 32.1 Å². The molecule has 0 saturated heterocycles. The fourth-order valence-electron chi connectivity index (χ4n) is 4.64. The topological polar surface area (TPSA) is 105 Å². The van der Waals surface area contributed by atoms with E-state index in [1.807, 2.05) is 54.6 Å². The van der Waals surface area contributed by atoms with E-state index in [2.05, 4.69) is 4.99 Å². The van der Waals surface area contributed by atoms with Crippen molar-refractivity contribution >= 4 is 29.4 Å². The van der Waals surface area contributed by atoms with Crippen LogP contribution in [0.15, 0.2) is 93.9 Å². The summed E-state index contributed by atoms with van der Waals surface area (Å²) in [6.07, 6.45) is 1.77. The molecule has 5 rings (SSSR count). The quantitative estimate of drug-likeness (QED) is 0.221. The zero-order chi connectivity index (χ0) is 29.8. The Balaban J connectivity index is 1.63. The molecule has 0 amide bonds. The lowest BCUT2D eigenvalue weighted by Gasteiger charge is -2.25. The number of carbonyl (C=O) groups is 2. The third-order valence-corrected chi connectivity index (χ3v) is 7.39. The summed E-state index contributed by atoms with van der Waals surface area (Å²) >= 11 is 1.22. The maximum absolute atomic E-state index is 14.0. The highest BCUT2D eigenvalue weighted by atomic mass is 32.1. The van der Waals surface area contributed by atoms with Crippen molar-refractivity contribution in [3.8, 4) is 23.0 Å². The summed E-state index contributed by atoms with van der Waals surface area (Å²) in [6, 6.07) is 20.9. The third kappa shape index (κ3) is 5.89. The standard InChI is InChI=1S/C32H28N2O7S/c1-5-39-31(37)28-19(2)33-32-34(29(28)22-14-15-25(40-20(3)35)26(18-22)38-4)30(36)27(42-32)17-21-10-9-13-24(16-21)41-23-11-7-6-8-12-23/h6-18,29H,5H2,1-4H3/b27-17+/t29-/m1/s1. The van der Waals surface area contributed by atoms with Crippen LogP contribution in [0.5, 0.6) is 23.0 Å². The van der Waals surface area contributed by atoms with Gasteiger partial charge in [-0.25, -0.2) is 9.79 Å². The van der Waals surface area contributed by atoms with Crippen LogP contribution in [0.25, 0.3) is 6.08 Å². The number of aromatic nitrogens is 1. The highest BCUT2D eigenvalue weighted by Gasteiger charge is 2.34. The van der Waals surface area contributed by atoms with E-state index in [0.717, 1.165) is 5.56 Å². The average molecular weight is 585 g/mol. The van der Waals surface area contributed by atoms with E-state index in [9.17, 15) is 14.4 Å². The number of esters is 2. The van der Waals surface area contributed by atoms with Crippen molar-refractivity contribution in [2.24, 2.45) is 4.99 Å². The average Bonchev–Trinajstić information content (AvgIpc) is 3.27. The van der Waals surface area contributed by atoms with E-state index in [-0.39, 0.29) is 29.2 Å². The Kier molecular flexibility index (Phi) is 8.35. The van der Waals surface area contributed by atoms with Gasteiger partial charge in [0.2, 0.25) is 0 Å². The van der Waals surface area contributed by atoms with Crippen LogP contribution >= 0.6 is 11.3 Å². The second-order valence-electron chi connectivity index (χ2n) is 9.29. The van der Waals surface area contributed by atoms with Gasteiger partial charge in [0.05, 0.1) is 35.6 Å². The highest BCUT2D eigenvalue weighted by Crippen LogP contribution is 2.36. The number of carbonyl (C=O) groups excluding carboxylic acids is 2. The van der Waals surface area contributed by atoms with Gasteiger partial charge in [-0.1, -0.05) is 47.7 Å². The molecule has 0 aliphatic carbocycles. The van der Waals surface area contributed by atoms with Gasteiger partial charge in [0.15, 0.2) is 16.3 Å². The van der Waals surface area contributed by atoms with Gasteiger partial charge in [0.25, 0.3) is 5.56 Å². The van der Waals surface area contributed by atoms with Crippen LogP contribution in [0.2, 0.25) is 0 Å². The minimum absolute atomic E-state index is 0.156. The largest absolute Gasteiger partial charge is 0.493 e. The first-order valence-electron chi connectivity index (χ1n) is 13.2. The van der Waals surface area contributed by atoms with Crippen molar-refractivity contribution in [3.05, 3.63) is 115 Å². The van der Waals surface area contributed by atoms with Gasteiger partial charge >= 0.3 is 11.9 Å². The van der Waals surface area contributed by atoms with E-state index in [4.69, 9.17) is 18.9 Å². The van der Waals surface area contributed by atoms with E-state index in [1.54, 1.807) is 38.1 Å². The van der Waals surface area contributed by atoms with Crippen molar-refractivity contribution in [2.75, 3.05) is 13.7 Å². The van der Waals surface area contributed by atoms with E-state index in [1.165, 1.54) is 29.9 Å². The lowest BCUT2D eigenvalue weighted by atomic mass is 9.95. The van der Waals surface area contributed by atoms with Crippen LogP contribution in [0.1, 0.15) is 37.9 Å². The number of ether oxygens (including phenoxy) is 4. The number of hydrogen-bond donors (Lipinski definition) is 0. The number of fused-ring (bicyclic) bond motifs is 1. The minimum Gasteiger partial charge on any atom is -0.493 e. The van der Waals surface area contributed by atoms with Gasteiger partial charge in [-0.2, -0.15) is 0 Å². The molecule has 0 unspecified atom stereocenters. The summed E-state index contributed by atoms with van der Waals surface area (Å²) in [7, 11) is 1.44. The van der Waals surface area contributed by atoms with E-state index >= 15 is 0 Å². The predicted molar refractivity (Wildman–Crippen MR) is 158 cm³/mol. The molecule has 214 valence electrons. The molecule has 4 aromatic rings. The molecule has 0 saturated carbocycles. The molecule has 2 heterocycles. The van der Waals surface area contributed by atoms with Gasteiger partial charge in [-0.05, 0) is 67.4 Å². The second-order valence-corrected chi connectivity index (χ2v) is 10.3. The number of hydrogen-bond acceptors (Lipinski definition) is 9. The molecule has 0 fully saturated rings. The van der Waals surface area contributed by atoms with Crippen molar-refractivity contribution < 1.29 is 28.5 Å². The Morgan fingerprint density at radius 3 is 2.48 bits per heavy atom. The molecule has 1 aromatic heterocycles. The molecular formula is C32H28N2O7S. The fraction of sp³-hybridized carbons (Fsp3) is 0.188. The number of allylic oxidation sites excluding steroid dienone is 1. The maximum Gasteiger partial charge on any atom is 0.338 e. The van der Waals surface area contributed by atoms with E-state index < -0.39 is 18.0 Å². The summed E-state index contributed by atoms with van der Waals surface area (Å²) in [5.74, 6) is 0.740. The molecule has 0 spiro atoms. The lowest BCUT2D eigenvalue weighted by Crippen LogP contribution is -2.40. The number of thiazole rings is 1. The van der Waals surface area contributed by atoms with Gasteiger partial charge in [-0.3, -0.25) is 14.2 Å². The molecule has 10 heteroatoms. The second kappa shape index (κ2) is 12.3. The summed E-state index contributed by atoms with van der Waals surface area (Å²) < 4.78 is 24.0. The van der Waals surface area contributed by atoms with Crippen LogP contribution < -0.4 is 29.1 Å². The normalized spacial score (nSPS) is 14.6. The molecule has 0 bridgehead atoms. The maximum atomic E-state index is 14.0. The number of rotatable bonds is 8. The predicted octanol–water partition coefficient (Wildman–Crippen LogP) is 4.52. The van der Waals surface area contributed by atoms with Crippen LogP contribution in [-0.4, -0.2) is 30.2 Å². The molecule has 1 aliphatic heterocycles. The first-order valence-corrected chi connectivity index (χ1v) is 14.0. The molecule has 0 radical (unpaired) electrons. The molecule has 1 aliphatic rings. The van der Waals surface area contributed by atoms with Crippen molar-refractivity contribution in [2.45, 2.75) is 26.8 Å². The molecule has 0 N–H and O–H groups in total. The summed E-state index contributed by atoms with van der Waals surface area (Å²) in [5, 5.41) is 0. The number of nitrogens with zero attached hydrogens (tertiary/aromatic N) is 2. The Labute approximate surface area is 245 Å². The first-order chi connectivity index (χ1) is 20.3. The zero-order valence-electron chi connectivity index (χ0n) is 23.5. The Hall–Kier alpha value is -4.96. The van der Waals surface area contributed by atoms with Crippen LogP contribution in [0.3, 0.4) is 0 Å². The number of para-hydroxylation sites is 1. The Bertz CT molecular complexity index is 1870. The minimum atomic E-state index is -0.851. The SMILES string of the molecule is CCOC(=O)C1=C(C)N=c2s/c(=C/c3cccc(Oc4ccccc4)c3)c(=O)n2[C@@H]1c1ccc(OC(C)=O)c(OC)c1. The number of benzene rings is 3. The van der Waals surface area contributed by atoms with Crippen LogP contribution in [-0.2, 0) is 14.3 Å². The summed E-state index contributed by atoms with van der Waals surface area (Å²) in [6.45, 7) is 4.87. The molecule has 1 atom stereocenters. The van der Waals surface area contributed by atoms with Gasteiger partial charge in [-0.15, -0.1) is 0 Å². The Morgan fingerprint density at radius 2 is 1.76 bits per heavy atom. The molecule has 9 nitrogen and oxygen atoms in total. The first kappa shape index (κ1) is 28.6. The van der Waals surface area contributed by atoms with Gasteiger partial charge < -0.3 is 18.9 Å². The molecule has 42 heavy (non-hydrogen) atoms. The smallest absolute Gasteiger partial charge is 0.338 e. The summed E-state index contributed by atoms with van der Waals surface area (Å²) in [4.78, 5) is 43.8. The fourth-order valence-corrected chi connectivity index (χ4v) is 5.69. The molecule has 3 aromatic carbocycles. The summed E-state index contributed by atoms with van der Waals surface area (Å²) in [5.41, 5.74) is 1.67. The van der Waals surface area contributed by atoms with Crippen molar-refractivity contribution in [1.29, 1.82) is 0 Å². The monoisotopic (exact) mass is 584 g/mol. The van der Waals surface area contributed by atoms with Crippen molar-refractivity contribution in [1.82, 2.24) is 4.57 Å². The van der Waals surface area contributed by atoms with Gasteiger partial charge in [0.1, 0.15) is 11.5 Å². The highest BCUT2D eigenvalue weighted by molar-refractivity contribution is 7.07. The third-order valence-electron chi connectivity index (χ3n) is 6.41. The van der Waals surface area contributed by atoms with Gasteiger partial charge in [0, 0.05) is 6.92 Å². The number of methoxy groups -OCH3 is 1. The van der Waals surface area contributed by atoms with Crippen LogP contribution in [0, 0.1) is 0 Å².